The molecule has 2 saturated heterocycles. The van der Waals surface area contributed by atoms with Crippen LogP contribution in [-0.2, 0) is 4.79 Å². The van der Waals surface area contributed by atoms with Crippen molar-refractivity contribution in [2.75, 3.05) is 26.2 Å². The van der Waals surface area contributed by atoms with Crippen molar-refractivity contribution in [3.8, 4) is 0 Å². The van der Waals surface area contributed by atoms with Gasteiger partial charge in [0.1, 0.15) is 0 Å². The summed E-state index contributed by atoms with van der Waals surface area (Å²) in [6, 6.07) is 0.534. The van der Waals surface area contributed by atoms with Gasteiger partial charge in [0, 0.05) is 6.04 Å². The van der Waals surface area contributed by atoms with Gasteiger partial charge in [0.25, 0.3) is 0 Å². The van der Waals surface area contributed by atoms with E-state index in [9.17, 15) is 9.90 Å². The highest BCUT2D eigenvalue weighted by Crippen LogP contribution is 2.25. The SMILES string of the molecule is CCC(C)(CO)NC(=O)C1CCCN1C1CCNCC1. The molecule has 0 radical (unpaired) electrons. The molecule has 0 bridgehead atoms. The first-order chi connectivity index (χ1) is 9.59. The van der Waals surface area contributed by atoms with Gasteiger partial charge in [-0.3, -0.25) is 9.69 Å². The molecule has 5 heteroatoms. The summed E-state index contributed by atoms with van der Waals surface area (Å²) in [7, 11) is 0. The average Bonchev–Trinajstić information content (AvgIpc) is 2.97. The molecule has 0 aromatic carbocycles. The molecule has 2 unspecified atom stereocenters. The number of carbonyl (C=O) groups is 1. The Labute approximate surface area is 122 Å². The Hall–Kier alpha value is -0.650. The lowest BCUT2D eigenvalue weighted by molar-refractivity contribution is -0.128. The summed E-state index contributed by atoms with van der Waals surface area (Å²) in [4.78, 5) is 14.9. The van der Waals surface area contributed by atoms with Crippen LogP contribution in [0.2, 0.25) is 0 Å². The van der Waals surface area contributed by atoms with E-state index in [0.29, 0.717) is 6.04 Å². The Bertz CT molecular complexity index is 325. The first kappa shape index (κ1) is 15.7. The minimum absolute atomic E-state index is 0.00414. The van der Waals surface area contributed by atoms with Crippen LogP contribution >= 0.6 is 0 Å². The van der Waals surface area contributed by atoms with E-state index in [4.69, 9.17) is 0 Å². The van der Waals surface area contributed by atoms with Crippen molar-refractivity contribution in [1.29, 1.82) is 0 Å². The zero-order chi connectivity index (χ0) is 14.6. The molecular weight excluding hydrogens is 254 g/mol. The number of rotatable bonds is 5. The van der Waals surface area contributed by atoms with Gasteiger partial charge in [-0.1, -0.05) is 6.92 Å². The largest absolute Gasteiger partial charge is 0.394 e. The molecule has 2 atom stereocenters. The monoisotopic (exact) mass is 283 g/mol. The van der Waals surface area contributed by atoms with E-state index in [1.165, 1.54) is 0 Å². The number of nitrogens with zero attached hydrogens (tertiary/aromatic N) is 1. The van der Waals surface area contributed by atoms with Crippen LogP contribution in [0, 0.1) is 0 Å². The maximum absolute atomic E-state index is 12.6. The van der Waals surface area contributed by atoms with Crippen LogP contribution in [0.15, 0.2) is 0 Å². The van der Waals surface area contributed by atoms with Gasteiger partial charge in [-0.05, 0) is 58.7 Å². The third-order valence-electron chi connectivity index (χ3n) is 4.93. The molecule has 116 valence electrons. The number of aliphatic hydroxyl groups excluding tert-OH is 1. The molecule has 2 fully saturated rings. The van der Waals surface area contributed by atoms with E-state index in [0.717, 1.165) is 51.7 Å². The highest BCUT2D eigenvalue weighted by atomic mass is 16.3. The van der Waals surface area contributed by atoms with Crippen molar-refractivity contribution < 1.29 is 9.90 Å². The number of amides is 1. The van der Waals surface area contributed by atoms with Gasteiger partial charge >= 0.3 is 0 Å². The number of hydrogen-bond acceptors (Lipinski definition) is 4. The normalized spacial score (nSPS) is 28.2. The molecule has 5 nitrogen and oxygen atoms in total. The van der Waals surface area contributed by atoms with E-state index >= 15 is 0 Å². The lowest BCUT2D eigenvalue weighted by Gasteiger charge is -2.37. The Morgan fingerprint density at radius 1 is 1.40 bits per heavy atom. The lowest BCUT2D eigenvalue weighted by atomic mass is 9.98. The molecule has 0 spiro atoms. The van der Waals surface area contributed by atoms with E-state index in [1.54, 1.807) is 0 Å². The second kappa shape index (κ2) is 6.87. The molecule has 0 saturated carbocycles. The van der Waals surface area contributed by atoms with Crippen LogP contribution in [0.3, 0.4) is 0 Å². The summed E-state index contributed by atoms with van der Waals surface area (Å²) in [5, 5.41) is 15.9. The molecule has 0 aliphatic carbocycles. The summed E-state index contributed by atoms with van der Waals surface area (Å²) in [6.45, 7) is 7.04. The highest BCUT2D eigenvalue weighted by Gasteiger charge is 2.37. The molecule has 2 aliphatic rings. The molecule has 0 aromatic heterocycles. The minimum atomic E-state index is -0.487. The first-order valence-corrected chi connectivity index (χ1v) is 7.99. The average molecular weight is 283 g/mol. The van der Waals surface area contributed by atoms with E-state index in [-0.39, 0.29) is 18.6 Å². The van der Waals surface area contributed by atoms with Gasteiger partial charge in [-0.25, -0.2) is 0 Å². The first-order valence-electron chi connectivity index (χ1n) is 7.99. The molecule has 2 aliphatic heterocycles. The Morgan fingerprint density at radius 3 is 2.70 bits per heavy atom. The van der Waals surface area contributed by atoms with Crippen molar-refractivity contribution in [3.05, 3.63) is 0 Å². The van der Waals surface area contributed by atoms with Crippen LogP contribution in [0.5, 0.6) is 0 Å². The Kier molecular flexibility index (Phi) is 5.41. The van der Waals surface area contributed by atoms with Gasteiger partial charge in [0.15, 0.2) is 0 Å². The minimum Gasteiger partial charge on any atom is -0.394 e. The van der Waals surface area contributed by atoms with Crippen molar-refractivity contribution in [1.82, 2.24) is 15.5 Å². The second-order valence-electron chi connectivity index (χ2n) is 6.44. The molecule has 20 heavy (non-hydrogen) atoms. The standard InChI is InChI=1S/C15H29N3O2/c1-3-15(2,11-19)17-14(20)13-5-4-10-18(13)12-6-8-16-9-7-12/h12-13,16,19H,3-11H2,1-2H3,(H,17,20). The molecule has 0 aromatic rings. The summed E-state index contributed by atoms with van der Waals surface area (Å²) < 4.78 is 0. The third-order valence-corrected chi connectivity index (χ3v) is 4.93. The summed E-state index contributed by atoms with van der Waals surface area (Å²) >= 11 is 0. The highest BCUT2D eigenvalue weighted by molar-refractivity contribution is 5.82. The molecular formula is C15H29N3O2. The van der Waals surface area contributed by atoms with Crippen molar-refractivity contribution >= 4 is 5.91 Å². The molecule has 3 N–H and O–H groups in total. The van der Waals surface area contributed by atoms with Crippen LogP contribution in [0.1, 0.15) is 46.0 Å². The van der Waals surface area contributed by atoms with Gasteiger partial charge in [0.05, 0.1) is 18.2 Å². The quantitative estimate of drug-likeness (QED) is 0.687. The fourth-order valence-electron chi connectivity index (χ4n) is 3.27. The van der Waals surface area contributed by atoms with E-state index in [2.05, 4.69) is 15.5 Å². The Morgan fingerprint density at radius 2 is 2.10 bits per heavy atom. The maximum atomic E-state index is 12.6. The fourth-order valence-corrected chi connectivity index (χ4v) is 3.27. The number of hydrogen-bond donors (Lipinski definition) is 3. The molecule has 2 rings (SSSR count). The van der Waals surface area contributed by atoms with Crippen molar-refractivity contribution in [2.24, 2.45) is 0 Å². The Balaban J connectivity index is 1.97. The summed E-state index contributed by atoms with van der Waals surface area (Å²) in [5.41, 5.74) is -0.487. The van der Waals surface area contributed by atoms with E-state index in [1.807, 2.05) is 13.8 Å². The summed E-state index contributed by atoms with van der Waals surface area (Å²) in [6.07, 6.45) is 5.06. The number of nitrogens with one attached hydrogen (secondary N) is 2. The smallest absolute Gasteiger partial charge is 0.237 e. The second-order valence-corrected chi connectivity index (χ2v) is 6.44. The van der Waals surface area contributed by atoms with Crippen LogP contribution in [-0.4, -0.2) is 59.8 Å². The number of piperidine rings is 1. The number of aliphatic hydroxyl groups is 1. The lowest BCUT2D eigenvalue weighted by Crippen LogP contribution is -2.56. The number of carbonyl (C=O) groups excluding carboxylic acids is 1. The zero-order valence-corrected chi connectivity index (χ0v) is 12.8. The van der Waals surface area contributed by atoms with Gasteiger partial charge < -0.3 is 15.7 Å². The van der Waals surface area contributed by atoms with Crippen LogP contribution in [0.4, 0.5) is 0 Å². The van der Waals surface area contributed by atoms with Crippen molar-refractivity contribution in [3.63, 3.8) is 0 Å². The van der Waals surface area contributed by atoms with Crippen molar-refractivity contribution in [2.45, 2.75) is 63.6 Å². The fraction of sp³-hybridized carbons (Fsp3) is 0.933. The topological polar surface area (TPSA) is 64.6 Å². The van der Waals surface area contributed by atoms with Crippen LogP contribution in [0.25, 0.3) is 0 Å². The molecule has 1 amide bonds. The summed E-state index contributed by atoms with van der Waals surface area (Å²) in [5.74, 6) is 0.0967. The van der Waals surface area contributed by atoms with Gasteiger partial charge in [0.2, 0.25) is 5.91 Å². The third kappa shape index (κ3) is 3.51. The predicted octanol–water partition coefficient (Wildman–Crippen LogP) is 0.480. The maximum Gasteiger partial charge on any atom is 0.237 e. The number of likely N-dealkylation sites (tertiary alicyclic amines) is 1. The van der Waals surface area contributed by atoms with E-state index < -0.39 is 5.54 Å². The van der Waals surface area contributed by atoms with Gasteiger partial charge in [-0.15, -0.1) is 0 Å². The molecule has 2 heterocycles. The van der Waals surface area contributed by atoms with Crippen LogP contribution < -0.4 is 10.6 Å². The predicted molar refractivity (Wildman–Crippen MR) is 79.5 cm³/mol. The van der Waals surface area contributed by atoms with Gasteiger partial charge in [-0.2, -0.15) is 0 Å². The zero-order valence-electron chi connectivity index (χ0n) is 12.8.